The molecule has 0 spiro atoms. The van der Waals surface area contributed by atoms with Crippen LogP contribution in [0.3, 0.4) is 0 Å². The van der Waals surface area contributed by atoms with Gasteiger partial charge in [-0.05, 0) is 68.9 Å². The van der Waals surface area contributed by atoms with E-state index < -0.39 is 17.7 Å². The van der Waals surface area contributed by atoms with Gasteiger partial charge < -0.3 is 29.1 Å². The van der Waals surface area contributed by atoms with Gasteiger partial charge >= 0.3 is 0 Å². The fraction of sp³-hybridized carbons (Fsp3) is 0.407. The highest BCUT2D eigenvalue weighted by Gasteiger charge is 2.46. The zero-order valence-electron chi connectivity index (χ0n) is 21.3. The number of hydrogen-bond acceptors (Lipinski definition) is 7. The van der Waals surface area contributed by atoms with Crippen molar-refractivity contribution >= 4 is 17.4 Å². The minimum atomic E-state index is -0.772. The Morgan fingerprint density at radius 1 is 1.03 bits per heavy atom. The van der Waals surface area contributed by atoms with Crippen LogP contribution < -0.4 is 14.2 Å². The van der Waals surface area contributed by atoms with Crippen LogP contribution in [0.5, 0.6) is 17.2 Å². The Bertz CT molecular complexity index is 1120. The van der Waals surface area contributed by atoms with Crippen LogP contribution in [-0.4, -0.2) is 74.6 Å². The lowest BCUT2D eigenvalue weighted by Crippen LogP contribution is -2.35. The Kier molecular flexibility index (Phi) is 8.40. The molecule has 1 fully saturated rings. The van der Waals surface area contributed by atoms with E-state index in [1.54, 1.807) is 36.4 Å². The molecule has 1 aliphatic heterocycles. The van der Waals surface area contributed by atoms with Crippen molar-refractivity contribution in [3.05, 3.63) is 58.7 Å². The van der Waals surface area contributed by atoms with Crippen molar-refractivity contribution in [3.8, 4) is 17.2 Å². The first-order valence-electron chi connectivity index (χ1n) is 11.6. The number of methoxy groups -OCH3 is 2. The van der Waals surface area contributed by atoms with Crippen molar-refractivity contribution in [2.45, 2.75) is 26.3 Å². The number of benzene rings is 2. The average molecular weight is 483 g/mol. The smallest absolute Gasteiger partial charge is 0.295 e. The van der Waals surface area contributed by atoms with Crippen LogP contribution in [-0.2, 0) is 9.59 Å². The van der Waals surface area contributed by atoms with Crippen LogP contribution in [0.25, 0.3) is 5.76 Å². The zero-order chi connectivity index (χ0) is 25.7. The van der Waals surface area contributed by atoms with Gasteiger partial charge in [0.25, 0.3) is 11.7 Å². The third kappa shape index (κ3) is 5.43. The van der Waals surface area contributed by atoms with Crippen LogP contribution in [0.15, 0.2) is 42.0 Å². The average Bonchev–Trinajstić information content (AvgIpc) is 3.10. The maximum atomic E-state index is 13.2. The summed E-state index contributed by atoms with van der Waals surface area (Å²) in [5.74, 6) is 0.126. The molecule has 1 saturated heterocycles. The Hall–Kier alpha value is -3.52. The third-order valence-corrected chi connectivity index (χ3v) is 5.96. The number of nitrogens with zero attached hydrogens (tertiary/aromatic N) is 2. The summed E-state index contributed by atoms with van der Waals surface area (Å²) < 4.78 is 16.5. The number of hydrogen-bond donors (Lipinski definition) is 1. The summed E-state index contributed by atoms with van der Waals surface area (Å²) in [5, 5.41) is 11.3. The molecular weight excluding hydrogens is 448 g/mol. The lowest BCUT2D eigenvalue weighted by molar-refractivity contribution is -0.140. The number of aryl methyl sites for hydroxylation is 1. The van der Waals surface area contributed by atoms with E-state index >= 15 is 0 Å². The van der Waals surface area contributed by atoms with Gasteiger partial charge in [0.15, 0.2) is 11.5 Å². The van der Waals surface area contributed by atoms with E-state index in [0.29, 0.717) is 48.1 Å². The van der Waals surface area contributed by atoms with E-state index in [1.165, 1.54) is 19.1 Å². The molecule has 2 aromatic carbocycles. The maximum absolute atomic E-state index is 13.2. The van der Waals surface area contributed by atoms with Crippen LogP contribution in [0.1, 0.15) is 36.1 Å². The Labute approximate surface area is 206 Å². The number of rotatable bonds is 10. The normalized spacial score (nSPS) is 17.2. The predicted octanol–water partition coefficient (Wildman–Crippen LogP) is 3.78. The van der Waals surface area contributed by atoms with Crippen molar-refractivity contribution < 1.29 is 28.9 Å². The van der Waals surface area contributed by atoms with Crippen molar-refractivity contribution in [3.63, 3.8) is 0 Å². The van der Waals surface area contributed by atoms with E-state index in [1.807, 2.05) is 32.8 Å². The fourth-order valence-corrected chi connectivity index (χ4v) is 4.11. The van der Waals surface area contributed by atoms with Crippen LogP contribution in [0.4, 0.5) is 0 Å². The largest absolute Gasteiger partial charge is 0.507 e. The summed E-state index contributed by atoms with van der Waals surface area (Å²) in [6, 6.07) is 9.70. The monoisotopic (exact) mass is 482 g/mol. The number of carbonyl (C=O) groups is 2. The van der Waals surface area contributed by atoms with Crippen LogP contribution >= 0.6 is 0 Å². The molecule has 8 nitrogen and oxygen atoms in total. The second kappa shape index (κ2) is 11.3. The highest BCUT2D eigenvalue weighted by atomic mass is 16.5. The van der Waals surface area contributed by atoms with Crippen LogP contribution in [0, 0.1) is 6.92 Å². The van der Waals surface area contributed by atoms with E-state index in [2.05, 4.69) is 0 Å². The van der Waals surface area contributed by atoms with Crippen molar-refractivity contribution in [2.24, 2.45) is 0 Å². The Morgan fingerprint density at radius 3 is 2.31 bits per heavy atom. The molecular formula is C27H34N2O6. The number of aliphatic hydroxyl groups is 1. The van der Waals surface area contributed by atoms with E-state index in [9.17, 15) is 14.7 Å². The predicted molar refractivity (Wildman–Crippen MR) is 134 cm³/mol. The molecule has 1 aliphatic rings. The van der Waals surface area contributed by atoms with Gasteiger partial charge in [0.2, 0.25) is 0 Å². The van der Waals surface area contributed by atoms with E-state index in [0.717, 1.165) is 12.0 Å². The second-order valence-corrected chi connectivity index (χ2v) is 8.74. The summed E-state index contributed by atoms with van der Waals surface area (Å²) in [6.45, 7) is 5.36. The lowest BCUT2D eigenvalue weighted by atomic mass is 9.94. The molecule has 1 N–H and O–H groups in total. The lowest BCUT2D eigenvalue weighted by Gasteiger charge is -2.27. The summed E-state index contributed by atoms with van der Waals surface area (Å²) in [4.78, 5) is 29.8. The van der Waals surface area contributed by atoms with Gasteiger partial charge in [0.1, 0.15) is 11.5 Å². The molecule has 188 valence electrons. The summed E-state index contributed by atoms with van der Waals surface area (Å²) >= 11 is 0. The van der Waals surface area contributed by atoms with Gasteiger partial charge in [-0.1, -0.05) is 13.0 Å². The molecule has 1 atom stereocenters. The molecule has 3 rings (SSSR count). The highest BCUT2D eigenvalue weighted by Crippen LogP contribution is 2.42. The van der Waals surface area contributed by atoms with Crippen molar-refractivity contribution in [1.29, 1.82) is 0 Å². The molecule has 8 heteroatoms. The summed E-state index contributed by atoms with van der Waals surface area (Å²) in [7, 11) is 6.85. The molecule has 1 amide bonds. The van der Waals surface area contributed by atoms with E-state index in [4.69, 9.17) is 14.2 Å². The molecule has 0 aromatic heterocycles. The Balaban J connectivity index is 2.14. The molecule has 0 bridgehead atoms. The second-order valence-electron chi connectivity index (χ2n) is 8.74. The number of likely N-dealkylation sites (N-methyl/N-ethyl adjacent to an activating group) is 1. The van der Waals surface area contributed by atoms with Gasteiger partial charge in [-0.25, -0.2) is 0 Å². The first-order chi connectivity index (χ1) is 16.7. The van der Waals surface area contributed by atoms with Crippen molar-refractivity contribution in [1.82, 2.24) is 9.80 Å². The molecule has 1 heterocycles. The molecule has 2 aromatic rings. The number of ketones is 1. The highest BCUT2D eigenvalue weighted by molar-refractivity contribution is 6.46. The number of carbonyl (C=O) groups excluding carboxylic acids is 2. The third-order valence-electron chi connectivity index (χ3n) is 5.96. The number of ether oxygens (including phenoxy) is 3. The van der Waals surface area contributed by atoms with Crippen molar-refractivity contribution in [2.75, 3.05) is 48.0 Å². The molecule has 0 aliphatic carbocycles. The number of likely N-dealkylation sites (tertiary alicyclic amines) is 1. The molecule has 1 unspecified atom stereocenters. The SMILES string of the molecule is CCCOc1ccc(C(O)=C2C(=O)C(=O)N(CCN(C)C)C2c2ccc(OC)c(OC)c2)cc1C. The van der Waals surface area contributed by atoms with Gasteiger partial charge in [-0.3, -0.25) is 9.59 Å². The quantitative estimate of drug-likeness (QED) is 0.313. The van der Waals surface area contributed by atoms with Gasteiger partial charge in [-0.2, -0.15) is 0 Å². The van der Waals surface area contributed by atoms with Gasteiger partial charge in [0, 0.05) is 18.7 Å². The van der Waals surface area contributed by atoms with Gasteiger partial charge in [0.05, 0.1) is 32.4 Å². The van der Waals surface area contributed by atoms with Gasteiger partial charge in [-0.15, -0.1) is 0 Å². The number of Topliss-reactive ketones (excluding diaryl/α,β-unsaturated/α-hetero) is 1. The fourth-order valence-electron chi connectivity index (χ4n) is 4.11. The number of aliphatic hydroxyl groups excluding tert-OH is 1. The minimum Gasteiger partial charge on any atom is -0.507 e. The Morgan fingerprint density at radius 2 is 1.71 bits per heavy atom. The van der Waals surface area contributed by atoms with E-state index in [-0.39, 0.29) is 11.3 Å². The minimum absolute atomic E-state index is 0.0441. The molecule has 0 saturated carbocycles. The standard InChI is InChI=1S/C27H34N2O6/c1-7-14-35-20-10-9-19(15-17(20)2)25(30)23-24(18-8-11-21(33-5)22(16-18)34-6)29(13-12-28(3)4)27(32)26(23)31/h8-11,15-16,24,30H,7,12-14H2,1-6H3. The first kappa shape index (κ1) is 26.1. The first-order valence-corrected chi connectivity index (χ1v) is 11.6. The molecule has 0 radical (unpaired) electrons. The molecule has 35 heavy (non-hydrogen) atoms. The number of amides is 1. The summed E-state index contributed by atoms with van der Waals surface area (Å²) in [6.07, 6.45) is 0.878. The summed E-state index contributed by atoms with van der Waals surface area (Å²) in [5.41, 5.74) is 1.96. The topological polar surface area (TPSA) is 88.5 Å². The van der Waals surface area contributed by atoms with Crippen LogP contribution in [0.2, 0.25) is 0 Å². The zero-order valence-corrected chi connectivity index (χ0v) is 21.3. The maximum Gasteiger partial charge on any atom is 0.295 e.